The van der Waals surface area contributed by atoms with E-state index in [1.165, 1.54) is 17.4 Å². The van der Waals surface area contributed by atoms with Crippen molar-refractivity contribution in [2.24, 2.45) is 0 Å². The number of piperidine rings is 1. The molecule has 1 fully saturated rings. The van der Waals surface area contributed by atoms with Crippen molar-refractivity contribution < 1.29 is 13.2 Å². The van der Waals surface area contributed by atoms with Crippen LogP contribution in [0.4, 0.5) is 5.69 Å². The summed E-state index contributed by atoms with van der Waals surface area (Å²) in [6.07, 6.45) is 4.23. The maximum Gasteiger partial charge on any atom is 0.232 e. The van der Waals surface area contributed by atoms with E-state index in [2.05, 4.69) is 48.3 Å². The fourth-order valence-corrected chi connectivity index (χ4v) is 7.98. The Hall–Kier alpha value is -2.58. The third kappa shape index (κ3) is 6.96. The van der Waals surface area contributed by atoms with E-state index >= 15 is 0 Å². The smallest absolute Gasteiger partial charge is 0.232 e. The highest BCUT2D eigenvalue weighted by Crippen LogP contribution is 2.48. The SMILES string of the molecule is Cc1cc(C)cc(CNC(=O)CC(CCN2CCC3(CC2)CN(S(C)(=O)=O)c2ccccc23)c2ccc(Cl)c(Cl)c2)c1. The molecule has 1 spiro atoms. The van der Waals surface area contributed by atoms with Crippen molar-refractivity contribution in [2.75, 3.05) is 36.7 Å². The van der Waals surface area contributed by atoms with Crippen LogP contribution in [0, 0.1) is 13.8 Å². The summed E-state index contributed by atoms with van der Waals surface area (Å²) in [5, 5.41) is 4.10. The first-order valence-electron chi connectivity index (χ1n) is 14.5. The predicted molar refractivity (Wildman–Crippen MR) is 172 cm³/mol. The van der Waals surface area contributed by atoms with Crippen LogP contribution in [0.1, 0.15) is 59.4 Å². The number of fused-ring (bicyclic) bond motifs is 2. The molecule has 6 nitrogen and oxygen atoms in total. The Morgan fingerprint density at radius 1 is 0.976 bits per heavy atom. The molecule has 5 rings (SSSR count). The molecule has 2 aliphatic heterocycles. The van der Waals surface area contributed by atoms with Crippen LogP contribution in [0.3, 0.4) is 0 Å². The summed E-state index contributed by atoms with van der Waals surface area (Å²) >= 11 is 12.6. The van der Waals surface area contributed by atoms with Gasteiger partial charge in [-0.3, -0.25) is 9.10 Å². The Morgan fingerprint density at radius 3 is 2.33 bits per heavy atom. The van der Waals surface area contributed by atoms with Crippen LogP contribution in [0.2, 0.25) is 10.0 Å². The molecule has 0 bridgehead atoms. The van der Waals surface area contributed by atoms with Gasteiger partial charge in [0, 0.05) is 24.9 Å². The first-order chi connectivity index (χ1) is 19.9. The number of carbonyl (C=O) groups excluding carboxylic acids is 1. The molecular formula is C33H39Cl2N3O3S. The van der Waals surface area contributed by atoms with Crippen molar-refractivity contribution in [1.29, 1.82) is 0 Å². The van der Waals surface area contributed by atoms with Crippen LogP contribution in [0.5, 0.6) is 0 Å². The number of sulfonamides is 1. The number of likely N-dealkylation sites (tertiary alicyclic amines) is 1. The number of carbonyl (C=O) groups is 1. The number of amides is 1. The summed E-state index contributed by atoms with van der Waals surface area (Å²) in [6, 6.07) is 19.9. The lowest BCUT2D eigenvalue weighted by Crippen LogP contribution is -2.46. The van der Waals surface area contributed by atoms with Gasteiger partial charge in [0.15, 0.2) is 0 Å². The zero-order valence-electron chi connectivity index (χ0n) is 24.5. The second kappa shape index (κ2) is 12.6. The number of rotatable bonds is 9. The van der Waals surface area contributed by atoms with E-state index in [1.807, 2.05) is 30.3 Å². The molecule has 3 aromatic carbocycles. The highest BCUT2D eigenvalue weighted by molar-refractivity contribution is 7.92. The molecule has 2 aliphatic rings. The van der Waals surface area contributed by atoms with Crippen LogP contribution in [0.25, 0.3) is 0 Å². The van der Waals surface area contributed by atoms with Crippen LogP contribution < -0.4 is 9.62 Å². The molecule has 1 atom stereocenters. The number of hydrogen-bond donors (Lipinski definition) is 1. The van der Waals surface area contributed by atoms with E-state index in [9.17, 15) is 13.2 Å². The molecule has 1 N–H and O–H groups in total. The third-order valence-corrected chi connectivity index (χ3v) is 10.7. The number of para-hydroxylation sites is 1. The van der Waals surface area contributed by atoms with Crippen molar-refractivity contribution in [3.05, 3.63) is 98.5 Å². The number of nitrogens with one attached hydrogen (secondary N) is 1. The van der Waals surface area contributed by atoms with Crippen molar-refractivity contribution in [3.63, 3.8) is 0 Å². The molecule has 9 heteroatoms. The average Bonchev–Trinajstić information content (AvgIpc) is 3.26. The third-order valence-electron chi connectivity index (χ3n) is 8.82. The normalized spacial score (nSPS) is 17.3. The summed E-state index contributed by atoms with van der Waals surface area (Å²) in [5.41, 5.74) is 6.27. The first kappa shape index (κ1) is 30.9. The number of halogens is 2. The monoisotopic (exact) mass is 627 g/mol. The Bertz CT molecular complexity index is 1550. The van der Waals surface area contributed by atoms with E-state index in [0.29, 0.717) is 29.6 Å². The van der Waals surface area contributed by atoms with E-state index in [-0.39, 0.29) is 17.2 Å². The molecule has 0 aliphatic carbocycles. The molecule has 3 aromatic rings. The highest BCUT2D eigenvalue weighted by Gasteiger charge is 2.46. The first-order valence-corrected chi connectivity index (χ1v) is 17.1. The summed E-state index contributed by atoms with van der Waals surface area (Å²) in [7, 11) is -3.34. The second-order valence-corrected chi connectivity index (χ2v) is 14.8. The fourth-order valence-electron chi connectivity index (χ4n) is 6.67. The van der Waals surface area contributed by atoms with Crippen molar-refractivity contribution in [1.82, 2.24) is 10.2 Å². The number of anilines is 1. The van der Waals surface area contributed by atoms with E-state index in [1.54, 1.807) is 10.4 Å². The lowest BCUT2D eigenvalue weighted by atomic mass is 9.74. The average molecular weight is 629 g/mol. The van der Waals surface area contributed by atoms with Gasteiger partial charge in [-0.15, -0.1) is 0 Å². The zero-order chi connectivity index (χ0) is 30.1. The lowest BCUT2D eigenvalue weighted by molar-refractivity contribution is -0.121. The van der Waals surface area contributed by atoms with Gasteiger partial charge >= 0.3 is 0 Å². The molecule has 0 aromatic heterocycles. The Kier molecular flexibility index (Phi) is 9.24. The van der Waals surface area contributed by atoms with Gasteiger partial charge in [-0.25, -0.2) is 8.42 Å². The predicted octanol–water partition coefficient (Wildman–Crippen LogP) is 6.60. The van der Waals surface area contributed by atoms with Crippen LogP contribution in [-0.2, 0) is 26.8 Å². The molecule has 224 valence electrons. The maximum atomic E-state index is 13.1. The molecular weight excluding hydrogens is 589 g/mol. The number of aryl methyl sites for hydroxylation is 2. The standard InChI is InChI=1S/C33H39Cl2N3O3S/c1-23-16-24(2)18-25(17-23)21-36-32(39)20-27(26-8-9-29(34)30(35)19-26)10-13-37-14-11-33(12-15-37)22-38(42(3,40)41)31-7-5-4-6-28(31)33/h4-9,16-19,27H,10-15,20-22H2,1-3H3,(H,36,39). The summed E-state index contributed by atoms with van der Waals surface area (Å²) in [4.78, 5) is 15.6. The fraction of sp³-hybridized carbons (Fsp3) is 0.424. The molecule has 0 radical (unpaired) electrons. The van der Waals surface area contributed by atoms with Gasteiger partial charge in [0.05, 0.1) is 22.0 Å². The van der Waals surface area contributed by atoms with Crippen LogP contribution in [0.15, 0.2) is 60.7 Å². The van der Waals surface area contributed by atoms with Crippen molar-refractivity contribution in [3.8, 4) is 0 Å². The Balaban J connectivity index is 1.24. The minimum Gasteiger partial charge on any atom is -0.352 e. The van der Waals surface area contributed by atoms with Gasteiger partial charge in [0.2, 0.25) is 15.9 Å². The van der Waals surface area contributed by atoms with Gasteiger partial charge in [-0.2, -0.15) is 0 Å². The quantitative estimate of drug-likeness (QED) is 0.290. The minimum absolute atomic E-state index is 0.00579. The van der Waals surface area contributed by atoms with E-state index in [0.717, 1.165) is 61.3 Å². The summed E-state index contributed by atoms with van der Waals surface area (Å²) < 4.78 is 26.7. The lowest BCUT2D eigenvalue weighted by Gasteiger charge is -2.40. The van der Waals surface area contributed by atoms with Gasteiger partial charge in [-0.1, -0.05) is 76.8 Å². The van der Waals surface area contributed by atoms with Crippen LogP contribution >= 0.6 is 23.2 Å². The van der Waals surface area contributed by atoms with E-state index in [4.69, 9.17) is 23.2 Å². The molecule has 0 saturated carbocycles. The second-order valence-electron chi connectivity index (χ2n) is 12.0. The number of nitrogens with zero attached hydrogens (tertiary/aromatic N) is 2. The van der Waals surface area contributed by atoms with Crippen molar-refractivity contribution in [2.45, 2.75) is 57.4 Å². The Morgan fingerprint density at radius 2 is 1.67 bits per heavy atom. The molecule has 1 unspecified atom stereocenters. The molecule has 2 heterocycles. The minimum atomic E-state index is -3.34. The van der Waals surface area contributed by atoms with Gasteiger partial charge in [0.1, 0.15) is 0 Å². The molecule has 42 heavy (non-hydrogen) atoms. The van der Waals surface area contributed by atoms with Crippen LogP contribution in [-0.4, -0.2) is 51.7 Å². The van der Waals surface area contributed by atoms with Gasteiger partial charge < -0.3 is 10.2 Å². The number of benzene rings is 3. The molecule has 1 amide bonds. The summed E-state index contributed by atoms with van der Waals surface area (Å²) in [6.45, 7) is 7.71. The van der Waals surface area contributed by atoms with Gasteiger partial charge in [0.25, 0.3) is 0 Å². The van der Waals surface area contributed by atoms with Crippen molar-refractivity contribution >= 4 is 44.8 Å². The van der Waals surface area contributed by atoms with E-state index < -0.39 is 10.0 Å². The Labute approximate surface area is 260 Å². The maximum absolute atomic E-state index is 13.1. The highest BCUT2D eigenvalue weighted by atomic mass is 35.5. The zero-order valence-corrected chi connectivity index (χ0v) is 26.8. The topological polar surface area (TPSA) is 69.7 Å². The summed E-state index contributed by atoms with van der Waals surface area (Å²) in [5.74, 6) is -0.00547. The number of hydrogen-bond acceptors (Lipinski definition) is 4. The largest absolute Gasteiger partial charge is 0.352 e. The molecule has 1 saturated heterocycles. The van der Waals surface area contributed by atoms with Gasteiger partial charge in [-0.05, 0) is 93.6 Å².